The van der Waals surface area contributed by atoms with E-state index in [0.717, 1.165) is 0 Å². The summed E-state index contributed by atoms with van der Waals surface area (Å²) in [5.74, 6) is -10.7. The van der Waals surface area contributed by atoms with Gasteiger partial charge in [-0.2, -0.15) is 5.10 Å². The molecule has 1 aromatic carbocycles. The molecule has 0 amide bonds. The first-order chi connectivity index (χ1) is 10.0. The van der Waals surface area contributed by atoms with Gasteiger partial charge in [-0.05, 0) is 11.4 Å². The Bertz CT molecular complexity index is 784. The second-order valence-corrected chi connectivity index (χ2v) is 4.88. The van der Waals surface area contributed by atoms with E-state index in [0.29, 0.717) is 4.88 Å². The van der Waals surface area contributed by atoms with Gasteiger partial charge in [-0.3, -0.25) is 5.10 Å². The normalized spacial score (nSPS) is 11.1. The summed E-state index contributed by atoms with van der Waals surface area (Å²) in [7, 11) is 0. The van der Waals surface area contributed by atoms with Crippen molar-refractivity contribution in [3.8, 4) is 22.1 Å². The van der Waals surface area contributed by atoms with E-state index in [9.17, 15) is 22.0 Å². The quantitative estimate of drug-likeness (QED) is 0.442. The topological polar surface area (TPSA) is 41.6 Å². The van der Waals surface area contributed by atoms with E-state index in [2.05, 4.69) is 15.2 Å². The number of benzene rings is 1. The van der Waals surface area contributed by atoms with Gasteiger partial charge >= 0.3 is 0 Å². The highest BCUT2D eigenvalue weighted by atomic mass is 32.1. The van der Waals surface area contributed by atoms with E-state index in [-0.39, 0.29) is 5.82 Å². The molecule has 0 spiro atoms. The van der Waals surface area contributed by atoms with Crippen LogP contribution in [-0.4, -0.2) is 15.2 Å². The predicted molar refractivity (Wildman–Crippen MR) is 64.9 cm³/mol. The highest BCUT2D eigenvalue weighted by Gasteiger charge is 2.28. The third-order valence-electron chi connectivity index (χ3n) is 2.67. The molecule has 21 heavy (non-hydrogen) atoms. The van der Waals surface area contributed by atoms with Crippen LogP contribution in [0.5, 0.6) is 0 Å². The second-order valence-electron chi connectivity index (χ2n) is 3.93. The van der Waals surface area contributed by atoms with Gasteiger partial charge in [-0.15, -0.1) is 11.3 Å². The summed E-state index contributed by atoms with van der Waals surface area (Å²) in [5.41, 5.74) is -1.16. The van der Waals surface area contributed by atoms with Crippen LogP contribution in [0.25, 0.3) is 22.1 Å². The van der Waals surface area contributed by atoms with Gasteiger partial charge in [0.2, 0.25) is 5.82 Å². The molecule has 0 aliphatic rings. The molecule has 0 bridgehead atoms. The predicted octanol–water partition coefficient (Wildman–Crippen LogP) is 3.90. The number of thiophene rings is 1. The van der Waals surface area contributed by atoms with Crippen molar-refractivity contribution >= 4 is 11.3 Å². The molecule has 0 saturated heterocycles. The first-order valence-corrected chi connectivity index (χ1v) is 6.36. The van der Waals surface area contributed by atoms with E-state index in [1.165, 1.54) is 11.3 Å². The van der Waals surface area contributed by atoms with Crippen molar-refractivity contribution in [2.45, 2.75) is 0 Å². The zero-order valence-electron chi connectivity index (χ0n) is 9.92. The van der Waals surface area contributed by atoms with Gasteiger partial charge in [0.15, 0.2) is 34.9 Å². The molecule has 0 unspecified atom stereocenters. The summed E-state index contributed by atoms with van der Waals surface area (Å²) in [6.45, 7) is 0. The summed E-state index contributed by atoms with van der Waals surface area (Å²) in [6.07, 6.45) is 0. The fraction of sp³-hybridized carbons (Fsp3) is 0. The van der Waals surface area contributed by atoms with E-state index in [1.807, 2.05) is 0 Å². The molecule has 0 saturated carbocycles. The molecule has 0 fully saturated rings. The van der Waals surface area contributed by atoms with Gasteiger partial charge in [-0.1, -0.05) is 6.07 Å². The maximum Gasteiger partial charge on any atom is 0.200 e. The van der Waals surface area contributed by atoms with Crippen LogP contribution in [0.3, 0.4) is 0 Å². The van der Waals surface area contributed by atoms with Crippen LogP contribution in [0.1, 0.15) is 0 Å². The number of nitrogens with zero attached hydrogens (tertiary/aromatic N) is 2. The molecule has 3 aromatic rings. The summed E-state index contributed by atoms with van der Waals surface area (Å²) in [6, 6.07) is 3.37. The van der Waals surface area contributed by atoms with Crippen molar-refractivity contribution in [1.82, 2.24) is 15.2 Å². The van der Waals surface area contributed by atoms with Crippen LogP contribution in [0.2, 0.25) is 0 Å². The molecule has 3 rings (SSSR count). The van der Waals surface area contributed by atoms with Crippen LogP contribution >= 0.6 is 11.3 Å². The molecule has 9 heteroatoms. The SMILES string of the molecule is Fc1c(F)c(F)c(-c2n[nH]c(-c3cccs3)n2)c(F)c1F. The lowest BCUT2D eigenvalue weighted by Gasteiger charge is -2.04. The minimum absolute atomic E-state index is 0.170. The summed E-state index contributed by atoms with van der Waals surface area (Å²) in [4.78, 5) is 4.37. The molecule has 108 valence electrons. The van der Waals surface area contributed by atoms with Gasteiger partial charge in [0.05, 0.1) is 10.4 Å². The van der Waals surface area contributed by atoms with Gasteiger partial charge < -0.3 is 0 Å². The number of halogens is 5. The zero-order valence-corrected chi connectivity index (χ0v) is 10.7. The Labute approximate surface area is 118 Å². The summed E-state index contributed by atoms with van der Waals surface area (Å²) >= 11 is 1.27. The van der Waals surface area contributed by atoms with Crippen molar-refractivity contribution in [1.29, 1.82) is 0 Å². The number of hydrogen-bond donors (Lipinski definition) is 1. The third kappa shape index (κ3) is 2.09. The minimum atomic E-state index is -2.22. The van der Waals surface area contributed by atoms with E-state index >= 15 is 0 Å². The summed E-state index contributed by atoms with van der Waals surface area (Å²) < 4.78 is 66.5. The molecule has 1 N–H and O–H groups in total. The Morgan fingerprint density at radius 3 is 2.10 bits per heavy atom. The van der Waals surface area contributed by atoms with Crippen molar-refractivity contribution in [2.75, 3.05) is 0 Å². The highest BCUT2D eigenvalue weighted by Crippen LogP contribution is 2.31. The first-order valence-electron chi connectivity index (χ1n) is 5.48. The lowest BCUT2D eigenvalue weighted by molar-refractivity contribution is 0.381. The average molecular weight is 317 g/mol. The number of H-pyrrole nitrogens is 1. The Morgan fingerprint density at radius 1 is 0.905 bits per heavy atom. The van der Waals surface area contributed by atoms with Gasteiger partial charge in [-0.25, -0.2) is 26.9 Å². The fourth-order valence-electron chi connectivity index (χ4n) is 1.70. The van der Waals surface area contributed by atoms with Gasteiger partial charge in [0.1, 0.15) is 0 Å². The average Bonchev–Trinajstić information content (AvgIpc) is 3.14. The fourth-order valence-corrected chi connectivity index (χ4v) is 2.36. The van der Waals surface area contributed by atoms with Crippen molar-refractivity contribution < 1.29 is 22.0 Å². The van der Waals surface area contributed by atoms with Crippen LogP contribution in [0.4, 0.5) is 22.0 Å². The molecule has 3 nitrogen and oxygen atoms in total. The monoisotopic (exact) mass is 317 g/mol. The van der Waals surface area contributed by atoms with Gasteiger partial charge in [0, 0.05) is 0 Å². The maximum atomic E-state index is 13.6. The minimum Gasteiger partial charge on any atom is -0.258 e. The Balaban J connectivity index is 2.18. The molecule has 0 aliphatic carbocycles. The molecule has 2 heterocycles. The number of aromatic amines is 1. The number of hydrogen-bond acceptors (Lipinski definition) is 3. The Morgan fingerprint density at radius 2 is 1.52 bits per heavy atom. The number of nitrogens with one attached hydrogen (secondary N) is 1. The smallest absolute Gasteiger partial charge is 0.200 e. The molecular weight excluding hydrogens is 313 g/mol. The first kappa shape index (κ1) is 13.7. The van der Waals surface area contributed by atoms with E-state index in [4.69, 9.17) is 0 Å². The van der Waals surface area contributed by atoms with E-state index < -0.39 is 40.5 Å². The second kappa shape index (κ2) is 4.92. The van der Waals surface area contributed by atoms with Crippen LogP contribution in [-0.2, 0) is 0 Å². The van der Waals surface area contributed by atoms with Crippen LogP contribution < -0.4 is 0 Å². The lowest BCUT2D eigenvalue weighted by Crippen LogP contribution is -2.04. The number of aromatic nitrogens is 3. The molecule has 2 aromatic heterocycles. The third-order valence-corrected chi connectivity index (χ3v) is 3.55. The lowest BCUT2D eigenvalue weighted by atomic mass is 10.1. The van der Waals surface area contributed by atoms with Crippen molar-refractivity contribution in [3.63, 3.8) is 0 Å². The highest BCUT2D eigenvalue weighted by molar-refractivity contribution is 7.13. The zero-order chi connectivity index (χ0) is 15.1. The number of rotatable bonds is 2. The van der Waals surface area contributed by atoms with Crippen LogP contribution in [0, 0.1) is 29.1 Å². The standard InChI is InChI=1S/C12H4F5N3S/c13-6-5(7(14)9(16)10(17)8(6)15)12-18-11(19-20-12)4-2-1-3-21-4/h1-3H,(H,18,19,20). The Hall–Kier alpha value is -2.29. The maximum absolute atomic E-state index is 13.6. The molecule has 0 aliphatic heterocycles. The Kier molecular flexibility index (Phi) is 3.20. The van der Waals surface area contributed by atoms with Crippen molar-refractivity contribution in [3.05, 3.63) is 46.6 Å². The van der Waals surface area contributed by atoms with Gasteiger partial charge in [0.25, 0.3) is 0 Å². The van der Waals surface area contributed by atoms with Crippen molar-refractivity contribution in [2.24, 2.45) is 0 Å². The van der Waals surface area contributed by atoms with E-state index in [1.54, 1.807) is 17.5 Å². The molecular formula is C12H4F5N3S. The molecule has 0 radical (unpaired) electrons. The molecule has 0 atom stereocenters. The largest absolute Gasteiger partial charge is 0.258 e. The summed E-state index contributed by atoms with van der Waals surface area (Å²) in [5, 5.41) is 7.63. The van der Waals surface area contributed by atoms with Crippen LogP contribution in [0.15, 0.2) is 17.5 Å².